The van der Waals surface area contributed by atoms with Gasteiger partial charge in [0.1, 0.15) is 59.3 Å². The molecule has 14 atom stereocenters. The molecule has 2 aromatic carbocycles. The molecule has 2 saturated heterocycles. The van der Waals surface area contributed by atoms with E-state index in [1.807, 2.05) is 0 Å². The molecule has 0 unspecified atom stereocenters. The van der Waals surface area contributed by atoms with Crippen molar-refractivity contribution in [3.63, 3.8) is 0 Å². The first-order valence-electron chi connectivity index (χ1n) is 27.4. The number of thioether (sulfide) groups is 1. The number of nitrogens with two attached hydrogens (primary N) is 1. The number of nitrogens with one attached hydrogen (secondary N) is 4. The first kappa shape index (κ1) is 64.8. The highest BCUT2D eigenvalue weighted by atomic mass is 32.2. The Labute approximate surface area is 469 Å². The van der Waals surface area contributed by atoms with Crippen LogP contribution in [0.25, 0.3) is 0 Å². The quantitative estimate of drug-likeness (QED) is 0.0664. The van der Waals surface area contributed by atoms with Crippen molar-refractivity contribution in [1.29, 1.82) is 0 Å². The maximum Gasteiger partial charge on any atom is 0.271 e. The summed E-state index contributed by atoms with van der Waals surface area (Å²) >= 11 is 0.883. The van der Waals surface area contributed by atoms with Gasteiger partial charge in [0.05, 0.1) is 37.4 Å². The van der Waals surface area contributed by atoms with Gasteiger partial charge in [-0.1, -0.05) is 108 Å². The number of phenolic OH excluding ortho intramolecular Hbond substituents is 1. The van der Waals surface area contributed by atoms with E-state index in [1.54, 1.807) is 30.3 Å². The van der Waals surface area contributed by atoms with E-state index in [2.05, 4.69) is 47.0 Å². The number of aromatic hydroxyl groups is 1. The van der Waals surface area contributed by atoms with E-state index < -0.39 is 164 Å². The number of aliphatic imine (C=N–C) groups is 1. The van der Waals surface area contributed by atoms with Crippen molar-refractivity contribution < 1.29 is 79.2 Å². The zero-order valence-electron chi connectivity index (χ0n) is 45.5. The molecule has 25 heteroatoms. The molecule has 0 saturated carbocycles. The van der Waals surface area contributed by atoms with Crippen molar-refractivity contribution in [2.45, 2.75) is 188 Å². The van der Waals surface area contributed by atoms with Crippen molar-refractivity contribution in [2.24, 2.45) is 22.6 Å². The van der Waals surface area contributed by atoms with Gasteiger partial charge in [-0.2, -0.15) is 0 Å². The fraction of sp³-hybridized carbons (Fsp3) is 0.618. The van der Waals surface area contributed by atoms with Gasteiger partial charge >= 0.3 is 0 Å². The number of benzene rings is 2. The smallest absolute Gasteiger partial charge is 0.271 e. The number of hydrogen-bond acceptors (Lipinski definition) is 17. The van der Waals surface area contributed by atoms with E-state index in [1.165, 1.54) is 18.6 Å². The van der Waals surface area contributed by atoms with Crippen LogP contribution in [0.1, 0.15) is 122 Å². The van der Waals surface area contributed by atoms with Crippen molar-refractivity contribution in [3.05, 3.63) is 60.2 Å². The summed E-state index contributed by atoms with van der Waals surface area (Å²) in [5.74, 6) is -8.38. The largest absolute Gasteiger partial charge is 0.508 e. The van der Waals surface area contributed by atoms with Crippen molar-refractivity contribution in [3.8, 4) is 5.75 Å². The van der Waals surface area contributed by atoms with E-state index in [0.717, 1.165) is 72.2 Å². The molecule has 14 N–H and O–H groups in total. The molecule has 0 bridgehead atoms. The Morgan fingerprint density at radius 2 is 1.45 bits per heavy atom. The fourth-order valence-corrected chi connectivity index (χ4v) is 11.3. The summed E-state index contributed by atoms with van der Waals surface area (Å²) in [4.78, 5) is 119. The first-order valence-corrected chi connectivity index (χ1v) is 28.3. The third kappa shape index (κ3) is 18.5. The van der Waals surface area contributed by atoms with Gasteiger partial charge in [-0.25, -0.2) is 4.99 Å². The van der Waals surface area contributed by atoms with E-state index in [9.17, 15) is 79.2 Å². The fourth-order valence-electron chi connectivity index (χ4n) is 10.2. The minimum Gasteiger partial charge on any atom is -0.508 e. The van der Waals surface area contributed by atoms with Crippen LogP contribution in [0.2, 0.25) is 0 Å². The van der Waals surface area contributed by atoms with Crippen LogP contribution in [-0.2, 0) is 38.4 Å². The van der Waals surface area contributed by atoms with Crippen LogP contribution in [-0.4, -0.2) is 189 Å². The topological polar surface area (TPSA) is 391 Å². The number of aliphatic hydroxyl groups excluding tert-OH is 7. The highest BCUT2D eigenvalue weighted by Crippen LogP contribution is 2.30. The van der Waals surface area contributed by atoms with Gasteiger partial charge in [0.2, 0.25) is 35.4 Å². The molecule has 0 radical (unpaired) electrons. The number of unbranched alkanes of at least 4 members (excludes halogenated alkanes) is 5. The zero-order chi connectivity index (χ0) is 58.8. The number of primary amides is 1. The molecular formula is C55H80N8O16S. The first-order chi connectivity index (χ1) is 38.0. The summed E-state index contributed by atoms with van der Waals surface area (Å²) in [6.07, 6.45) is -5.39. The predicted molar refractivity (Wildman–Crippen MR) is 291 cm³/mol. The van der Waals surface area contributed by atoms with Gasteiger partial charge in [0.15, 0.2) is 0 Å². The number of nitrogens with zero attached hydrogens (tertiary/aromatic N) is 3. The number of rotatable bonds is 22. The third-order valence-corrected chi connectivity index (χ3v) is 16.1. The number of carbonyl (C=O) groups is 8. The number of amides is 8. The van der Waals surface area contributed by atoms with Crippen LogP contribution in [0.5, 0.6) is 5.75 Å². The van der Waals surface area contributed by atoms with Crippen LogP contribution >= 0.6 is 11.8 Å². The molecule has 80 heavy (non-hydrogen) atoms. The molecule has 24 nitrogen and oxygen atoms in total. The minimum atomic E-state index is -2.36. The van der Waals surface area contributed by atoms with Crippen LogP contribution in [0.3, 0.4) is 0 Å². The van der Waals surface area contributed by atoms with Gasteiger partial charge in [-0.15, -0.1) is 0 Å². The lowest BCUT2D eigenvalue weighted by Crippen LogP contribution is -2.64. The van der Waals surface area contributed by atoms with E-state index in [0.29, 0.717) is 29.6 Å². The second-order valence-electron chi connectivity index (χ2n) is 21.3. The SMILES string of the molecule is CC[C@H](C)C[C@H](C)CCCCCCCCC(=O)N[C@H]1C[C@@H](O)[C@@H](Sc2ccccc2)NC(=O)[C@@H]2[C@@H](O)CCN2C(=O)[C@H]([C@H](O)CC(N)=O)NC(=O)[C@H]([C@H](O)[C@@H](O)c2ccc(O)cc2)NC(=O)[C@@H]2C[C@@H](O)CN2C(=O)C(CO)=NC1=O. The molecule has 8 amide bonds. The Bertz CT molecular complexity index is 2460. The van der Waals surface area contributed by atoms with Crippen molar-refractivity contribution in [2.75, 3.05) is 19.7 Å². The highest BCUT2D eigenvalue weighted by Gasteiger charge is 2.48. The number of carbonyl (C=O) groups excluding carboxylic acids is 8. The number of phenols is 1. The standard InChI is InChI=1S/C55H80N8O16S/c1-4-30(2)24-31(3)14-10-7-5-6-8-13-17-43(71)57-36-26-41(69)53(80-35-15-11-9-12-16-35)61-52(77)46-39(67)22-23-62(46)55(79)44(40(68)27-42(56)70)59-51(76)45(48(73)47(72)32-18-20-33(65)21-19-32)60-50(75)38-25-34(66)28-63(38)54(78)37(29-64)58-49(36)74/h9,11-12,15-16,18-21,30-31,34,36,38-41,44-48,53,64-69,72-73H,4-8,10,13-14,17,22-29H2,1-3H3,(H2,56,70)(H,57,71)(H,59,76)(H,60,75)(H,61,77)/t30-,31+,34+,36-,38-,39-,40+,41+,44-,45-,46-,47-,48-,53+/m0/s1. The minimum absolute atomic E-state index is 0.0553. The maximum absolute atomic E-state index is 14.7. The second kappa shape index (κ2) is 31.2. The predicted octanol–water partition coefficient (Wildman–Crippen LogP) is -0.447. The maximum atomic E-state index is 14.7. The van der Waals surface area contributed by atoms with Crippen LogP contribution in [0.15, 0.2) is 64.5 Å². The van der Waals surface area contributed by atoms with Crippen LogP contribution in [0, 0.1) is 11.8 Å². The number of hydrogen-bond donors (Lipinski definition) is 13. The average molecular weight is 1140 g/mol. The van der Waals surface area contributed by atoms with Gasteiger partial charge in [-0.3, -0.25) is 38.4 Å². The molecule has 0 aliphatic carbocycles. The lowest BCUT2D eigenvalue weighted by atomic mass is 9.91. The van der Waals surface area contributed by atoms with Crippen LogP contribution in [0.4, 0.5) is 0 Å². The summed E-state index contributed by atoms with van der Waals surface area (Å²) in [6.45, 7) is 4.48. The molecule has 5 rings (SSSR count). The summed E-state index contributed by atoms with van der Waals surface area (Å²) in [6, 6.07) is 3.04. The van der Waals surface area contributed by atoms with Crippen molar-refractivity contribution in [1.82, 2.24) is 31.1 Å². The van der Waals surface area contributed by atoms with E-state index >= 15 is 0 Å². The number of aliphatic hydroxyl groups is 7. The molecule has 3 heterocycles. The molecule has 3 aliphatic heterocycles. The molecule has 442 valence electrons. The van der Waals surface area contributed by atoms with Gasteiger partial charge in [-0.05, 0) is 60.9 Å². The summed E-state index contributed by atoms with van der Waals surface area (Å²) in [5, 5.41) is 97.4. The Morgan fingerprint density at radius 1 is 0.800 bits per heavy atom. The molecular weight excluding hydrogens is 1060 g/mol. The molecule has 2 aromatic rings. The Kier molecular flexibility index (Phi) is 25.3. The summed E-state index contributed by atoms with van der Waals surface area (Å²) < 4.78 is 0. The summed E-state index contributed by atoms with van der Waals surface area (Å²) in [7, 11) is 0. The average Bonchev–Trinajstić information content (AvgIpc) is 4.05. The summed E-state index contributed by atoms with van der Waals surface area (Å²) in [5.41, 5.74) is 4.42. The van der Waals surface area contributed by atoms with E-state index in [-0.39, 0.29) is 24.2 Å². The monoisotopic (exact) mass is 1140 g/mol. The lowest BCUT2D eigenvalue weighted by molar-refractivity contribution is -0.148. The Balaban J connectivity index is 1.54. The van der Waals surface area contributed by atoms with E-state index in [4.69, 9.17) is 5.73 Å². The lowest BCUT2D eigenvalue weighted by Gasteiger charge is -2.34. The van der Waals surface area contributed by atoms with Crippen molar-refractivity contribution >= 4 is 64.7 Å². The van der Waals surface area contributed by atoms with Gasteiger partial charge < -0.3 is 77.7 Å². The third-order valence-electron chi connectivity index (χ3n) is 14.8. The van der Waals surface area contributed by atoms with Gasteiger partial charge in [0.25, 0.3) is 11.8 Å². The zero-order valence-corrected chi connectivity index (χ0v) is 46.3. The van der Waals surface area contributed by atoms with Crippen LogP contribution < -0.4 is 27.0 Å². The normalized spacial score (nSPS) is 26.6. The number of fused-ring (bicyclic) bond motifs is 2. The Morgan fingerprint density at radius 3 is 2.10 bits per heavy atom. The Hall–Kier alpha value is -6.06. The molecule has 3 aliphatic rings. The van der Waals surface area contributed by atoms with Gasteiger partial charge in [0, 0.05) is 37.2 Å². The molecule has 0 spiro atoms. The highest BCUT2D eigenvalue weighted by molar-refractivity contribution is 8.00. The second-order valence-corrected chi connectivity index (χ2v) is 22.5. The molecule has 0 aromatic heterocycles. The molecule has 2 fully saturated rings.